The number of nitrogens with zero attached hydrogens (tertiary/aromatic N) is 1. The van der Waals surface area contributed by atoms with Crippen LogP contribution in [0.5, 0.6) is 0 Å². The summed E-state index contributed by atoms with van der Waals surface area (Å²) in [5.41, 5.74) is 2.87. The molecule has 98 valence electrons. The smallest absolute Gasteiger partial charge is 0.0376 e. The molecule has 3 unspecified atom stereocenters. The Morgan fingerprint density at radius 1 is 1.22 bits per heavy atom. The molecule has 1 fully saturated rings. The van der Waals surface area contributed by atoms with Gasteiger partial charge in [-0.15, -0.1) is 0 Å². The zero-order chi connectivity index (χ0) is 12.5. The number of benzene rings is 1. The molecular weight excluding hydrogens is 220 g/mol. The third kappa shape index (κ3) is 2.26. The van der Waals surface area contributed by atoms with Gasteiger partial charge in [-0.3, -0.25) is 0 Å². The molecule has 2 heterocycles. The normalized spacial score (nSPS) is 32.0. The van der Waals surface area contributed by atoms with Crippen molar-refractivity contribution in [3.63, 3.8) is 0 Å². The van der Waals surface area contributed by atoms with E-state index in [1.165, 1.54) is 37.3 Å². The van der Waals surface area contributed by atoms with Crippen molar-refractivity contribution in [2.75, 3.05) is 31.5 Å². The van der Waals surface area contributed by atoms with E-state index in [9.17, 15) is 0 Å². The summed E-state index contributed by atoms with van der Waals surface area (Å²) < 4.78 is 0. The number of fused-ring (bicyclic) bond motifs is 1. The highest BCUT2D eigenvalue weighted by Crippen LogP contribution is 2.33. The second-order valence-electron chi connectivity index (χ2n) is 6.17. The largest absolute Gasteiger partial charge is 0.384 e. The van der Waals surface area contributed by atoms with E-state index in [-0.39, 0.29) is 0 Å². The van der Waals surface area contributed by atoms with Crippen LogP contribution in [0.15, 0.2) is 24.3 Å². The highest BCUT2D eigenvalue weighted by Gasteiger charge is 2.27. The third-order valence-electron chi connectivity index (χ3n) is 4.84. The Balaban J connectivity index is 1.65. The van der Waals surface area contributed by atoms with Gasteiger partial charge in [0.05, 0.1) is 0 Å². The first-order valence-corrected chi connectivity index (χ1v) is 7.29. The fourth-order valence-electron chi connectivity index (χ4n) is 3.35. The van der Waals surface area contributed by atoms with Gasteiger partial charge in [0.2, 0.25) is 0 Å². The summed E-state index contributed by atoms with van der Waals surface area (Å²) in [4.78, 5) is 2.67. The summed E-state index contributed by atoms with van der Waals surface area (Å²) in [6, 6.07) is 8.78. The first-order chi connectivity index (χ1) is 8.74. The second kappa shape index (κ2) is 4.93. The number of para-hydroxylation sites is 1. The molecule has 1 aromatic carbocycles. The number of piperidine rings is 1. The molecule has 0 radical (unpaired) electrons. The fourth-order valence-corrected chi connectivity index (χ4v) is 3.35. The SMILES string of the molecule is CC1CCN(CC2CNc3ccccc32)CC1C. The minimum absolute atomic E-state index is 0.682. The van der Waals surface area contributed by atoms with Crippen molar-refractivity contribution < 1.29 is 0 Å². The van der Waals surface area contributed by atoms with E-state index in [0.29, 0.717) is 5.92 Å². The van der Waals surface area contributed by atoms with Gasteiger partial charge < -0.3 is 10.2 Å². The first-order valence-electron chi connectivity index (χ1n) is 7.29. The van der Waals surface area contributed by atoms with E-state index >= 15 is 0 Å². The molecule has 0 amide bonds. The lowest BCUT2D eigenvalue weighted by atomic mass is 9.88. The van der Waals surface area contributed by atoms with Crippen LogP contribution in [-0.4, -0.2) is 31.1 Å². The van der Waals surface area contributed by atoms with Gasteiger partial charge in [0.1, 0.15) is 0 Å². The van der Waals surface area contributed by atoms with Crippen LogP contribution in [0.3, 0.4) is 0 Å². The summed E-state index contributed by atoms with van der Waals surface area (Å²) in [5, 5.41) is 3.53. The van der Waals surface area contributed by atoms with Gasteiger partial charge in [-0.2, -0.15) is 0 Å². The maximum atomic E-state index is 3.53. The first kappa shape index (κ1) is 12.0. The molecule has 18 heavy (non-hydrogen) atoms. The number of hydrogen-bond acceptors (Lipinski definition) is 2. The lowest BCUT2D eigenvalue weighted by Gasteiger charge is -2.36. The minimum Gasteiger partial charge on any atom is -0.384 e. The number of nitrogens with one attached hydrogen (secondary N) is 1. The van der Waals surface area contributed by atoms with E-state index < -0.39 is 0 Å². The van der Waals surface area contributed by atoms with Gasteiger partial charge in [-0.25, -0.2) is 0 Å². The molecule has 2 aliphatic heterocycles. The standard InChI is InChI=1S/C16H24N2/c1-12-7-8-18(10-13(12)2)11-14-9-17-16-6-4-3-5-15(14)16/h3-6,12-14,17H,7-11H2,1-2H3. The number of rotatable bonds is 2. The van der Waals surface area contributed by atoms with Crippen molar-refractivity contribution in [2.45, 2.75) is 26.2 Å². The number of anilines is 1. The van der Waals surface area contributed by atoms with Crippen LogP contribution < -0.4 is 5.32 Å². The predicted octanol–water partition coefficient (Wildman–Crippen LogP) is 3.17. The van der Waals surface area contributed by atoms with Gasteiger partial charge >= 0.3 is 0 Å². The highest BCUT2D eigenvalue weighted by atomic mass is 15.1. The third-order valence-corrected chi connectivity index (χ3v) is 4.84. The van der Waals surface area contributed by atoms with Crippen molar-refractivity contribution in [2.24, 2.45) is 11.8 Å². The Morgan fingerprint density at radius 2 is 2.06 bits per heavy atom. The molecule has 2 heteroatoms. The van der Waals surface area contributed by atoms with Crippen molar-refractivity contribution in [3.8, 4) is 0 Å². The van der Waals surface area contributed by atoms with Crippen LogP contribution in [0.1, 0.15) is 31.7 Å². The number of likely N-dealkylation sites (tertiary alicyclic amines) is 1. The molecule has 0 spiro atoms. The summed E-state index contributed by atoms with van der Waals surface area (Å²) >= 11 is 0. The summed E-state index contributed by atoms with van der Waals surface area (Å²) in [6.45, 7) is 9.69. The quantitative estimate of drug-likeness (QED) is 0.859. The monoisotopic (exact) mass is 244 g/mol. The average Bonchev–Trinajstić information content (AvgIpc) is 2.78. The lowest BCUT2D eigenvalue weighted by Crippen LogP contribution is -2.40. The fraction of sp³-hybridized carbons (Fsp3) is 0.625. The maximum Gasteiger partial charge on any atom is 0.0376 e. The van der Waals surface area contributed by atoms with Gasteiger partial charge in [-0.05, 0) is 36.4 Å². The van der Waals surface area contributed by atoms with Crippen LogP contribution in [0, 0.1) is 11.8 Å². The molecule has 3 rings (SSSR count). The summed E-state index contributed by atoms with van der Waals surface area (Å²) in [6.07, 6.45) is 1.36. The van der Waals surface area contributed by atoms with E-state index in [0.717, 1.165) is 18.4 Å². The molecular formula is C16H24N2. The molecule has 0 aliphatic carbocycles. The second-order valence-corrected chi connectivity index (χ2v) is 6.17. The van der Waals surface area contributed by atoms with Gasteiger partial charge in [-0.1, -0.05) is 32.0 Å². The predicted molar refractivity (Wildman–Crippen MR) is 77.1 cm³/mol. The molecule has 2 nitrogen and oxygen atoms in total. The lowest BCUT2D eigenvalue weighted by molar-refractivity contribution is 0.133. The molecule has 0 saturated carbocycles. The zero-order valence-electron chi connectivity index (χ0n) is 11.5. The maximum absolute atomic E-state index is 3.53. The van der Waals surface area contributed by atoms with Crippen LogP contribution in [0.4, 0.5) is 5.69 Å². The van der Waals surface area contributed by atoms with E-state index in [4.69, 9.17) is 0 Å². The molecule has 0 bridgehead atoms. The van der Waals surface area contributed by atoms with Crippen molar-refractivity contribution >= 4 is 5.69 Å². The van der Waals surface area contributed by atoms with Crippen LogP contribution in [0.2, 0.25) is 0 Å². The summed E-state index contributed by atoms with van der Waals surface area (Å²) in [7, 11) is 0. The van der Waals surface area contributed by atoms with E-state index in [2.05, 4.69) is 48.3 Å². The molecule has 3 atom stereocenters. The topological polar surface area (TPSA) is 15.3 Å². The zero-order valence-corrected chi connectivity index (χ0v) is 11.5. The number of hydrogen-bond donors (Lipinski definition) is 1. The molecule has 1 aromatic rings. The molecule has 2 aliphatic rings. The van der Waals surface area contributed by atoms with Crippen LogP contribution >= 0.6 is 0 Å². The Hall–Kier alpha value is -1.02. The molecule has 0 aromatic heterocycles. The Bertz CT molecular complexity index is 415. The Kier molecular flexibility index (Phi) is 3.29. The Labute approximate surface area is 110 Å². The van der Waals surface area contributed by atoms with Crippen LogP contribution in [-0.2, 0) is 0 Å². The van der Waals surface area contributed by atoms with Gasteiger partial charge in [0, 0.05) is 31.2 Å². The van der Waals surface area contributed by atoms with E-state index in [1.54, 1.807) is 0 Å². The summed E-state index contributed by atoms with van der Waals surface area (Å²) in [5.74, 6) is 2.43. The van der Waals surface area contributed by atoms with E-state index in [1.807, 2.05) is 0 Å². The highest BCUT2D eigenvalue weighted by molar-refractivity contribution is 5.57. The molecule has 1 saturated heterocycles. The van der Waals surface area contributed by atoms with Crippen molar-refractivity contribution in [1.29, 1.82) is 0 Å². The van der Waals surface area contributed by atoms with Crippen molar-refractivity contribution in [1.82, 2.24) is 4.90 Å². The van der Waals surface area contributed by atoms with Gasteiger partial charge in [0.15, 0.2) is 0 Å². The molecule has 1 N–H and O–H groups in total. The van der Waals surface area contributed by atoms with Crippen LogP contribution in [0.25, 0.3) is 0 Å². The Morgan fingerprint density at radius 3 is 2.89 bits per heavy atom. The average molecular weight is 244 g/mol. The van der Waals surface area contributed by atoms with Crippen molar-refractivity contribution in [3.05, 3.63) is 29.8 Å². The minimum atomic E-state index is 0.682. The van der Waals surface area contributed by atoms with Gasteiger partial charge in [0.25, 0.3) is 0 Å².